The normalized spacial score (nSPS) is 19.2. The number of nitrogen functional groups attached to an aromatic ring is 1. The van der Waals surface area contributed by atoms with E-state index >= 15 is 0 Å². The van der Waals surface area contributed by atoms with Crippen molar-refractivity contribution in [1.29, 1.82) is 0 Å². The summed E-state index contributed by atoms with van der Waals surface area (Å²) in [5.74, 6) is 2.31. The molecule has 18 heavy (non-hydrogen) atoms. The average molecular weight is 286 g/mol. The first-order valence-electron chi connectivity index (χ1n) is 5.97. The van der Waals surface area contributed by atoms with Crippen LogP contribution in [-0.2, 0) is 0 Å². The molecule has 0 bridgehead atoms. The van der Waals surface area contributed by atoms with Crippen molar-refractivity contribution in [1.82, 2.24) is 10.3 Å². The van der Waals surface area contributed by atoms with Gasteiger partial charge in [0.05, 0.1) is 0 Å². The summed E-state index contributed by atoms with van der Waals surface area (Å²) >= 11 is 3.18. The van der Waals surface area contributed by atoms with E-state index in [0.29, 0.717) is 15.8 Å². The van der Waals surface area contributed by atoms with Gasteiger partial charge in [0.15, 0.2) is 5.13 Å². The molecule has 0 aliphatic carbocycles. The molecule has 0 saturated carbocycles. The molecule has 5 nitrogen and oxygen atoms in total. The first kappa shape index (κ1) is 13.5. The summed E-state index contributed by atoms with van der Waals surface area (Å²) in [5, 5.41) is 6.87. The van der Waals surface area contributed by atoms with E-state index in [1.807, 2.05) is 25.6 Å². The zero-order chi connectivity index (χ0) is 13.1. The van der Waals surface area contributed by atoms with Gasteiger partial charge in [-0.25, -0.2) is 4.98 Å². The standard InChI is InChI=1S/C11H18N4OS2/c1-6(2)13-11-15-9(12)8(18-11)10(16)14-7-3-4-17-5-7/h6-7H,3-5,12H2,1-2H3,(H,13,15)(H,14,16). The fourth-order valence-corrected chi connectivity index (χ4v) is 3.79. The Kier molecular flexibility index (Phi) is 4.34. The number of nitrogens with one attached hydrogen (secondary N) is 2. The molecule has 0 spiro atoms. The van der Waals surface area contributed by atoms with Crippen molar-refractivity contribution < 1.29 is 4.79 Å². The highest BCUT2D eigenvalue weighted by molar-refractivity contribution is 7.99. The summed E-state index contributed by atoms with van der Waals surface area (Å²) in [5.41, 5.74) is 5.79. The Labute approximate surface area is 115 Å². The third kappa shape index (κ3) is 3.29. The predicted molar refractivity (Wildman–Crippen MR) is 78.5 cm³/mol. The van der Waals surface area contributed by atoms with Gasteiger partial charge in [0, 0.05) is 17.8 Å². The molecular formula is C11H18N4OS2. The van der Waals surface area contributed by atoms with Gasteiger partial charge < -0.3 is 16.4 Å². The number of carbonyl (C=O) groups is 1. The lowest BCUT2D eigenvalue weighted by molar-refractivity contribution is 0.0946. The number of thiazole rings is 1. The fraction of sp³-hybridized carbons (Fsp3) is 0.636. The fourth-order valence-electron chi connectivity index (χ4n) is 1.70. The Balaban J connectivity index is 2.02. The number of rotatable bonds is 4. The van der Waals surface area contributed by atoms with E-state index in [-0.39, 0.29) is 18.0 Å². The number of amides is 1. The van der Waals surface area contributed by atoms with Crippen molar-refractivity contribution >= 4 is 40.0 Å². The molecule has 0 radical (unpaired) electrons. The van der Waals surface area contributed by atoms with Crippen LogP contribution in [0.2, 0.25) is 0 Å². The maximum Gasteiger partial charge on any atom is 0.265 e. The van der Waals surface area contributed by atoms with E-state index in [1.165, 1.54) is 11.3 Å². The van der Waals surface area contributed by atoms with Gasteiger partial charge in [-0.05, 0) is 26.0 Å². The third-order valence-electron chi connectivity index (χ3n) is 2.54. The van der Waals surface area contributed by atoms with Gasteiger partial charge in [-0.1, -0.05) is 11.3 Å². The van der Waals surface area contributed by atoms with Crippen LogP contribution >= 0.6 is 23.1 Å². The molecule has 1 aromatic rings. The third-order valence-corrected chi connectivity index (χ3v) is 4.70. The van der Waals surface area contributed by atoms with Crippen LogP contribution in [0, 0.1) is 0 Å². The number of anilines is 2. The van der Waals surface area contributed by atoms with Gasteiger partial charge in [-0.2, -0.15) is 11.8 Å². The van der Waals surface area contributed by atoms with Crippen LogP contribution in [0.5, 0.6) is 0 Å². The number of carbonyl (C=O) groups excluding carboxylic acids is 1. The molecule has 0 aromatic carbocycles. The maximum atomic E-state index is 12.1. The number of thioether (sulfide) groups is 1. The molecule has 2 rings (SSSR count). The van der Waals surface area contributed by atoms with Crippen molar-refractivity contribution in [2.24, 2.45) is 0 Å². The largest absolute Gasteiger partial charge is 0.382 e. The molecule has 1 saturated heterocycles. The molecule has 1 atom stereocenters. The number of hydrogen-bond acceptors (Lipinski definition) is 6. The van der Waals surface area contributed by atoms with Gasteiger partial charge in [0.25, 0.3) is 5.91 Å². The van der Waals surface area contributed by atoms with Crippen LogP contribution in [0.1, 0.15) is 29.9 Å². The Morgan fingerprint density at radius 1 is 1.56 bits per heavy atom. The second kappa shape index (κ2) is 5.79. The minimum absolute atomic E-state index is 0.102. The second-order valence-corrected chi connectivity index (χ2v) is 6.72. The zero-order valence-electron chi connectivity index (χ0n) is 10.5. The Bertz CT molecular complexity index is 427. The van der Waals surface area contributed by atoms with Crippen LogP contribution in [0.3, 0.4) is 0 Å². The van der Waals surface area contributed by atoms with E-state index in [9.17, 15) is 4.79 Å². The second-order valence-electron chi connectivity index (χ2n) is 4.57. The summed E-state index contributed by atoms with van der Waals surface area (Å²) in [4.78, 5) is 16.7. The van der Waals surface area contributed by atoms with E-state index in [4.69, 9.17) is 5.73 Å². The van der Waals surface area contributed by atoms with Crippen molar-refractivity contribution in [3.8, 4) is 0 Å². The summed E-state index contributed by atoms with van der Waals surface area (Å²) in [6.07, 6.45) is 1.03. The predicted octanol–water partition coefficient (Wildman–Crippen LogP) is 1.78. The lowest BCUT2D eigenvalue weighted by Gasteiger charge is -2.09. The van der Waals surface area contributed by atoms with Crippen molar-refractivity contribution in [2.45, 2.75) is 32.4 Å². The molecule has 2 heterocycles. The number of aromatic nitrogens is 1. The van der Waals surface area contributed by atoms with Gasteiger partial charge in [0.2, 0.25) is 0 Å². The van der Waals surface area contributed by atoms with Gasteiger partial charge in [-0.15, -0.1) is 0 Å². The quantitative estimate of drug-likeness (QED) is 0.786. The van der Waals surface area contributed by atoms with Crippen LogP contribution < -0.4 is 16.4 Å². The first-order valence-corrected chi connectivity index (χ1v) is 7.95. The molecule has 1 fully saturated rings. The maximum absolute atomic E-state index is 12.1. The SMILES string of the molecule is CC(C)Nc1nc(N)c(C(=O)NC2CCSC2)s1. The van der Waals surface area contributed by atoms with Crippen molar-refractivity contribution in [3.63, 3.8) is 0 Å². The molecule has 1 amide bonds. The summed E-state index contributed by atoms with van der Waals surface area (Å²) in [7, 11) is 0. The van der Waals surface area contributed by atoms with E-state index in [1.54, 1.807) is 0 Å². The Morgan fingerprint density at radius 3 is 2.94 bits per heavy atom. The molecule has 1 aliphatic heterocycles. The van der Waals surface area contributed by atoms with Crippen LogP contribution in [-0.4, -0.2) is 34.5 Å². The average Bonchev–Trinajstić information content (AvgIpc) is 2.87. The first-order chi connectivity index (χ1) is 8.56. The van der Waals surface area contributed by atoms with E-state index < -0.39 is 0 Å². The lowest BCUT2D eigenvalue weighted by atomic mass is 10.2. The Morgan fingerprint density at radius 2 is 2.33 bits per heavy atom. The summed E-state index contributed by atoms with van der Waals surface area (Å²) in [6, 6.07) is 0.545. The molecule has 1 aromatic heterocycles. The molecular weight excluding hydrogens is 268 g/mol. The topological polar surface area (TPSA) is 80.0 Å². The van der Waals surface area contributed by atoms with Crippen molar-refractivity contribution in [3.05, 3.63) is 4.88 Å². The monoisotopic (exact) mass is 286 g/mol. The van der Waals surface area contributed by atoms with Crippen LogP contribution in [0.4, 0.5) is 10.9 Å². The number of hydrogen-bond donors (Lipinski definition) is 3. The highest BCUT2D eigenvalue weighted by atomic mass is 32.2. The number of nitrogens with two attached hydrogens (primary N) is 1. The molecule has 100 valence electrons. The van der Waals surface area contributed by atoms with Crippen LogP contribution in [0.25, 0.3) is 0 Å². The summed E-state index contributed by atoms with van der Waals surface area (Å²) < 4.78 is 0. The molecule has 1 aliphatic rings. The smallest absolute Gasteiger partial charge is 0.265 e. The van der Waals surface area contributed by atoms with Crippen molar-refractivity contribution in [2.75, 3.05) is 22.6 Å². The van der Waals surface area contributed by atoms with Gasteiger partial charge in [0.1, 0.15) is 10.7 Å². The minimum Gasteiger partial charge on any atom is -0.382 e. The molecule has 1 unspecified atom stereocenters. The minimum atomic E-state index is -0.102. The van der Waals surface area contributed by atoms with Crippen LogP contribution in [0.15, 0.2) is 0 Å². The molecule has 4 N–H and O–H groups in total. The van der Waals surface area contributed by atoms with E-state index in [0.717, 1.165) is 17.9 Å². The summed E-state index contributed by atoms with van der Waals surface area (Å²) in [6.45, 7) is 4.04. The number of nitrogens with zero attached hydrogens (tertiary/aromatic N) is 1. The highest BCUT2D eigenvalue weighted by Crippen LogP contribution is 2.26. The van der Waals surface area contributed by atoms with Gasteiger partial charge >= 0.3 is 0 Å². The Hall–Kier alpha value is -0.950. The zero-order valence-corrected chi connectivity index (χ0v) is 12.2. The van der Waals surface area contributed by atoms with Gasteiger partial charge in [-0.3, -0.25) is 4.79 Å². The molecule has 7 heteroatoms. The lowest BCUT2D eigenvalue weighted by Crippen LogP contribution is -2.34. The highest BCUT2D eigenvalue weighted by Gasteiger charge is 2.22. The van der Waals surface area contributed by atoms with E-state index in [2.05, 4.69) is 15.6 Å².